The minimum Gasteiger partial charge on any atom is -0.481 e. The van der Waals surface area contributed by atoms with Gasteiger partial charge in [-0.2, -0.15) is 0 Å². The SMILES string of the molecule is O=C(O)C12C3[C@@H]4C[C@H]5C6C7[C@@H]8[C@@H]9[C@H]([C@@H]1[C@@H]8[C@H]1[C@@H]7[C@H]5[C@@H]4[C@@H]12)[C@H]3C[C@H]69. The summed E-state index contributed by atoms with van der Waals surface area (Å²) in [7, 11) is 0. The molecule has 23 heavy (non-hydrogen) atoms. The fourth-order valence-electron chi connectivity index (χ4n) is 14.7. The van der Waals surface area contributed by atoms with Crippen LogP contribution in [0.4, 0.5) is 0 Å². The summed E-state index contributed by atoms with van der Waals surface area (Å²) in [5, 5.41) is 10.6. The van der Waals surface area contributed by atoms with Crippen LogP contribution in [0.1, 0.15) is 12.8 Å². The molecule has 1 N–H and O–H groups in total. The molecule has 10 aliphatic carbocycles. The van der Waals surface area contributed by atoms with Crippen LogP contribution in [0.2, 0.25) is 0 Å². The van der Waals surface area contributed by atoms with E-state index in [1.165, 1.54) is 12.8 Å². The molecular formula is C21H22O2. The van der Waals surface area contributed by atoms with Crippen LogP contribution < -0.4 is 0 Å². The van der Waals surface area contributed by atoms with Crippen LogP contribution in [-0.4, -0.2) is 11.1 Å². The Labute approximate surface area is 135 Å². The smallest absolute Gasteiger partial charge is 0.310 e. The van der Waals surface area contributed by atoms with Crippen LogP contribution >= 0.6 is 0 Å². The number of carboxylic acids is 1. The molecule has 0 aliphatic heterocycles. The van der Waals surface area contributed by atoms with Crippen molar-refractivity contribution in [2.24, 2.45) is 106 Å². The number of carboxylic acid groups (broad SMARTS) is 1. The first kappa shape index (κ1) is 10.5. The fourth-order valence-corrected chi connectivity index (χ4v) is 14.7. The van der Waals surface area contributed by atoms with Crippen LogP contribution in [-0.2, 0) is 4.79 Å². The molecule has 0 aromatic rings. The van der Waals surface area contributed by atoms with Gasteiger partial charge in [-0.25, -0.2) is 0 Å². The van der Waals surface area contributed by atoms with Gasteiger partial charge in [0.15, 0.2) is 0 Å². The van der Waals surface area contributed by atoms with E-state index in [0.29, 0.717) is 17.8 Å². The third kappa shape index (κ3) is 0.570. The molecule has 0 saturated heterocycles. The van der Waals surface area contributed by atoms with Gasteiger partial charge in [0.1, 0.15) is 0 Å². The maximum absolute atomic E-state index is 12.9. The first-order chi connectivity index (χ1) is 11.3. The van der Waals surface area contributed by atoms with Crippen molar-refractivity contribution in [3.63, 3.8) is 0 Å². The van der Waals surface area contributed by atoms with Gasteiger partial charge in [0, 0.05) is 0 Å². The van der Waals surface area contributed by atoms with Gasteiger partial charge in [-0.05, 0) is 113 Å². The average Bonchev–Trinajstić information content (AvgIpc) is 3.22. The lowest BCUT2D eigenvalue weighted by Gasteiger charge is -2.39. The van der Waals surface area contributed by atoms with Gasteiger partial charge in [-0.15, -0.1) is 0 Å². The summed E-state index contributed by atoms with van der Waals surface area (Å²) in [4.78, 5) is 12.9. The predicted molar refractivity (Wildman–Crippen MR) is 78.6 cm³/mol. The molecule has 10 rings (SSSR count). The van der Waals surface area contributed by atoms with E-state index in [9.17, 15) is 9.90 Å². The number of hydrogen-bond donors (Lipinski definition) is 1. The normalized spacial score (nSPS) is 91.2. The number of aliphatic carboxylic acids is 1. The molecular weight excluding hydrogens is 284 g/mol. The molecule has 0 radical (unpaired) electrons. The van der Waals surface area contributed by atoms with Crippen molar-refractivity contribution in [2.75, 3.05) is 0 Å². The average molecular weight is 306 g/mol. The first-order valence-corrected chi connectivity index (χ1v) is 10.5. The van der Waals surface area contributed by atoms with Gasteiger partial charge < -0.3 is 5.11 Å². The number of hydrogen-bond acceptors (Lipinski definition) is 1. The summed E-state index contributed by atoms with van der Waals surface area (Å²) in [6, 6.07) is 0. The van der Waals surface area contributed by atoms with Crippen LogP contribution in [0.5, 0.6) is 0 Å². The van der Waals surface area contributed by atoms with Gasteiger partial charge >= 0.3 is 5.97 Å². The summed E-state index contributed by atoms with van der Waals surface area (Å²) < 4.78 is 0. The van der Waals surface area contributed by atoms with E-state index in [1.807, 2.05) is 0 Å². The fraction of sp³-hybridized carbons (Fsp3) is 0.952. The van der Waals surface area contributed by atoms with Crippen molar-refractivity contribution in [1.82, 2.24) is 0 Å². The van der Waals surface area contributed by atoms with E-state index in [2.05, 4.69) is 0 Å². The standard InChI is InChI=1S/C21H22O2/c22-20(23)21-17-5-1-3-7-4-2-6(17)11-9(4)14-12(7)13-8(3)10(5)18(21)15(13)16(14)19(11)21/h3-19H,1-2H2,(H,22,23)/t3-,4+,5-,6-,7?,8+,9-,10-,11-,12?,13+,14-,15+,16-,17?,18-,19+,21?/m1/s1. The van der Waals surface area contributed by atoms with Gasteiger partial charge in [0.2, 0.25) is 0 Å². The zero-order valence-corrected chi connectivity index (χ0v) is 13.1. The molecule has 0 bridgehead atoms. The maximum atomic E-state index is 12.9. The summed E-state index contributed by atoms with van der Waals surface area (Å²) in [5.74, 6) is 15.3. The molecule has 2 nitrogen and oxygen atoms in total. The lowest BCUT2D eigenvalue weighted by Crippen LogP contribution is -2.44. The van der Waals surface area contributed by atoms with Crippen molar-refractivity contribution in [3.05, 3.63) is 0 Å². The molecule has 0 amide bonds. The van der Waals surface area contributed by atoms with Gasteiger partial charge in [0.05, 0.1) is 5.41 Å². The summed E-state index contributed by atoms with van der Waals surface area (Å²) in [5.41, 5.74) is -0.203. The molecule has 10 fully saturated rings. The Kier molecular flexibility index (Phi) is 1.08. The quantitative estimate of drug-likeness (QED) is 0.808. The molecule has 0 spiro atoms. The predicted octanol–water partition coefficient (Wildman–Crippen LogP) is 2.45. The Morgan fingerprint density at radius 2 is 1.13 bits per heavy atom. The summed E-state index contributed by atoms with van der Waals surface area (Å²) >= 11 is 0. The van der Waals surface area contributed by atoms with E-state index < -0.39 is 0 Å². The topological polar surface area (TPSA) is 37.3 Å². The van der Waals surface area contributed by atoms with Crippen molar-refractivity contribution < 1.29 is 9.90 Å². The Bertz CT molecular complexity index is 729. The highest BCUT2D eigenvalue weighted by atomic mass is 16.4. The second-order valence-corrected chi connectivity index (χ2v) is 11.7. The second kappa shape index (κ2) is 2.38. The Balaban J connectivity index is 1.46. The number of fused-ring (bicyclic) bond motifs is 4. The monoisotopic (exact) mass is 306 g/mol. The van der Waals surface area contributed by atoms with Crippen LogP contribution in [0, 0.1) is 106 Å². The van der Waals surface area contributed by atoms with Crippen molar-refractivity contribution in [1.29, 1.82) is 0 Å². The van der Waals surface area contributed by atoms with Gasteiger partial charge in [-0.1, -0.05) is 0 Å². The highest BCUT2D eigenvalue weighted by Crippen LogP contribution is 2.99. The second-order valence-electron chi connectivity index (χ2n) is 11.7. The first-order valence-electron chi connectivity index (χ1n) is 10.5. The van der Waals surface area contributed by atoms with Crippen molar-refractivity contribution >= 4 is 5.97 Å². The third-order valence-corrected chi connectivity index (χ3v) is 13.1. The van der Waals surface area contributed by atoms with Crippen molar-refractivity contribution in [2.45, 2.75) is 12.8 Å². The molecule has 0 aromatic heterocycles. The zero-order valence-electron chi connectivity index (χ0n) is 13.1. The van der Waals surface area contributed by atoms with E-state index in [4.69, 9.17) is 0 Å². The molecule has 18 atom stereocenters. The Morgan fingerprint density at radius 1 is 0.609 bits per heavy atom. The van der Waals surface area contributed by atoms with Crippen LogP contribution in [0.15, 0.2) is 0 Å². The van der Waals surface area contributed by atoms with Gasteiger partial charge in [-0.3, -0.25) is 4.79 Å². The Hall–Kier alpha value is -0.530. The zero-order chi connectivity index (χ0) is 14.3. The highest BCUT2D eigenvalue weighted by molar-refractivity contribution is 5.80. The van der Waals surface area contributed by atoms with Crippen LogP contribution in [0.3, 0.4) is 0 Å². The largest absolute Gasteiger partial charge is 0.481 e. The third-order valence-electron chi connectivity index (χ3n) is 13.1. The van der Waals surface area contributed by atoms with E-state index in [-0.39, 0.29) is 11.4 Å². The van der Waals surface area contributed by atoms with Crippen molar-refractivity contribution in [3.8, 4) is 0 Å². The van der Waals surface area contributed by atoms with Gasteiger partial charge in [0.25, 0.3) is 0 Å². The Morgan fingerprint density at radius 3 is 1.65 bits per heavy atom. The minimum absolute atomic E-state index is 0.203. The minimum atomic E-state index is -0.308. The highest BCUT2D eigenvalue weighted by Gasteiger charge is 2.97. The molecule has 2 heteroatoms. The molecule has 0 aromatic carbocycles. The number of carbonyl (C=O) groups is 1. The lowest BCUT2D eigenvalue weighted by molar-refractivity contribution is -0.157. The van der Waals surface area contributed by atoms with E-state index in [0.717, 1.165) is 82.9 Å². The van der Waals surface area contributed by atoms with E-state index in [1.54, 1.807) is 0 Å². The number of rotatable bonds is 1. The molecule has 4 unspecified atom stereocenters. The molecule has 10 aliphatic rings. The molecule has 10 saturated carbocycles. The summed E-state index contributed by atoms with van der Waals surface area (Å²) in [6.45, 7) is 0. The lowest BCUT2D eigenvalue weighted by atomic mass is 9.63. The molecule has 0 heterocycles. The van der Waals surface area contributed by atoms with Crippen LogP contribution in [0.25, 0.3) is 0 Å². The summed E-state index contributed by atoms with van der Waals surface area (Å²) in [6.07, 6.45) is 2.96. The maximum Gasteiger partial charge on any atom is 0.310 e. The molecule has 118 valence electrons. The van der Waals surface area contributed by atoms with E-state index >= 15 is 0 Å².